The molecule has 0 radical (unpaired) electrons. The van der Waals surface area contributed by atoms with Gasteiger partial charge in [0.2, 0.25) is 0 Å². The molecule has 0 unspecified atom stereocenters. The minimum atomic E-state index is -0.405. The third-order valence-electron chi connectivity index (χ3n) is 4.89. The molecule has 154 valence electrons. The van der Waals surface area contributed by atoms with Crippen LogP contribution in [0.5, 0.6) is 5.75 Å². The largest absolute Gasteiger partial charge is 0.485 e. The van der Waals surface area contributed by atoms with Crippen LogP contribution in [-0.2, 0) is 19.6 Å². The van der Waals surface area contributed by atoms with Crippen molar-refractivity contribution in [1.82, 2.24) is 20.1 Å². The molecule has 0 spiro atoms. The van der Waals surface area contributed by atoms with E-state index in [1.807, 2.05) is 12.1 Å². The Kier molecular flexibility index (Phi) is 5.80. The van der Waals surface area contributed by atoms with Crippen molar-refractivity contribution in [1.29, 1.82) is 0 Å². The van der Waals surface area contributed by atoms with Crippen LogP contribution in [0.3, 0.4) is 0 Å². The first kappa shape index (κ1) is 20.5. The van der Waals surface area contributed by atoms with Crippen molar-refractivity contribution in [3.8, 4) is 11.4 Å². The minimum absolute atomic E-state index is 0. The first-order valence-electron chi connectivity index (χ1n) is 9.25. The molecule has 1 aliphatic heterocycles. The second-order valence-electron chi connectivity index (χ2n) is 6.81. The van der Waals surface area contributed by atoms with Crippen LogP contribution < -0.4 is 15.6 Å². The molecule has 0 amide bonds. The third kappa shape index (κ3) is 3.94. The average Bonchev–Trinajstić information content (AvgIpc) is 3.11. The van der Waals surface area contributed by atoms with Crippen LogP contribution in [0.2, 0.25) is 0 Å². The Bertz CT molecular complexity index is 1260. The average molecular weight is 445 g/mol. The molecule has 30 heavy (non-hydrogen) atoms. The van der Waals surface area contributed by atoms with Gasteiger partial charge in [-0.1, -0.05) is 6.07 Å². The second-order valence-corrected chi connectivity index (χ2v) is 7.95. The lowest BCUT2D eigenvalue weighted by molar-refractivity contribution is 0.298. The summed E-state index contributed by atoms with van der Waals surface area (Å²) in [6.07, 6.45) is 3.66. The maximum atomic E-state index is 12.9. The zero-order chi connectivity index (χ0) is 19.8. The summed E-state index contributed by atoms with van der Waals surface area (Å²) < 4.78 is 21.0. The summed E-state index contributed by atoms with van der Waals surface area (Å²) >= 11 is 1.76. The zero-order valence-electron chi connectivity index (χ0n) is 15.8. The number of ether oxygens (including phenoxy) is 1. The van der Waals surface area contributed by atoms with Crippen molar-refractivity contribution >= 4 is 33.8 Å². The Hall–Kier alpha value is -2.81. The lowest BCUT2D eigenvalue weighted by Gasteiger charge is -2.12. The van der Waals surface area contributed by atoms with Crippen LogP contribution >= 0.6 is 23.7 Å². The van der Waals surface area contributed by atoms with Crippen molar-refractivity contribution in [3.63, 3.8) is 0 Å². The molecule has 0 fully saturated rings. The summed E-state index contributed by atoms with van der Waals surface area (Å²) in [6, 6.07) is 10.3. The second kappa shape index (κ2) is 8.51. The highest BCUT2D eigenvalue weighted by atomic mass is 35.5. The van der Waals surface area contributed by atoms with Crippen molar-refractivity contribution in [2.24, 2.45) is 0 Å². The van der Waals surface area contributed by atoms with Gasteiger partial charge in [-0.15, -0.1) is 23.7 Å². The molecule has 3 aromatic heterocycles. The van der Waals surface area contributed by atoms with Gasteiger partial charge in [0.25, 0.3) is 5.56 Å². The standard InChI is InChI=1S/C21H17FN4O2S.ClH/c22-13-1-2-14(24-9-13)12-28-16-8-21(27)26(25-10-16)15-3-4-17-18-5-6-23-11-20(18)29-19(17)7-15;/h1-4,7-10,23H,5-6,11-12H2;1H. The van der Waals surface area contributed by atoms with Crippen LogP contribution in [0.15, 0.2) is 53.6 Å². The first-order chi connectivity index (χ1) is 14.2. The number of rotatable bonds is 4. The van der Waals surface area contributed by atoms with Gasteiger partial charge in [-0.2, -0.15) is 9.78 Å². The van der Waals surface area contributed by atoms with Gasteiger partial charge >= 0.3 is 0 Å². The minimum Gasteiger partial charge on any atom is -0.485 e. The Balaban J connectivity index is 0.00000218. The Morgan fingerprint density at radius 1 is 1.20 bits per heavy atom. The van der Waals surface area contributed by atoms with Gasteiger partial charge in [-0.3, -0.25) is 9.78 Å². The summed E-state index contributed by atoms with van der Waals surface area (Å²) in [5, 5.41) is 8.91. The van der Waals surface area contributed by atoms with Gasteiger partial charge in [0.15, 0.2) is 0 Å². The fourth-order valence-electron chi connectivity index (χ4n) is 3.47. The van der Waals surface area contributed by atoms with Crippen LogP contribution in [0.1, 0.15) is 16.1 Å². The van der Waals surface area contributed by atoms with Crippen molar-refractivity contribution in [2.75, 3.05) is 6.54 Å². The molecule has 1 N–H and O–H groups in total. The topological polar surface area (TPSA) is 69.0 Å². The molecule has 0 saturated heterocycles. The molecule has 1 aromatic carbocycles. The van der Waals surface area contributed by atoms with Gasteiger partial charge in [0.1, 0.15) is 18.2 Å². The summed E-state index contributed by atoms with van der Waals surface area (Å²) in [5.41, 5.74) is 2.42. The van der Waals surface area contributed by atoms with E-state index in [9.17, 15) is 9.18 Å². The molecule has 0 saturated carbocycles. The predicted octanol–water partition coefficient (Wildman–Crippen LogP) is 3.63. The van der Waals surface area contributed by atoms with E-state index in [1.165, 1.54) is 44.9 Å². The van der Waals surface area contributed by atoms with Crippen LogP contribution in [-0.4, -0.2) is 21.3 Å². The molecule has 4 aromatic rings. The fraction of sp³-hybridized carbons (Fsp3) is 0.190. The van der Waals surface area contributed by atoms with E-state index in [0.29, 0.717) is 11.4 Å². The highest BCUT2D eigenvalue weighted by molar-refractivity contribution is 7.19. The predicted molar refractivity (Wildman–Crippen MR) is 116 cm³/mol. The van der Waals surface area contributed by atoms with Gasteiger partial charge in [-0.25, -0.2) is 4.39 Å². The number of halogens is 2. The molecule has 1 aliphatic rings. The number of fused-ring (bicyclic) bond motifs is 3. The van der Waals surface area contributed by atoms with E-state index in [-0.39, 0.29) is 24.6 Å². The SMILES string of the molecule is Cl.O=c1cc(OCc2ccc(F)cn2)cnn1-c1ccc2c3c(sc2c1)CNCC3. The maximum Gasteiger partial charge on any atom is 0.275 e. The van der Waals surface area contributed by atoms with E-state index in [4.69, 9.17) is 4.74 Å². The van der Waals surface area contributed by atoms with E-state index in [1.54, 1.807) is 11.3 Å². The summed E-state index contributed by atoms with van der Waals surface area (Å²) in [7, 11) is 0. The van der Waals surface area contributed by atoms with Gasteiger partial charge in [0, 0.05) is 22.2 Å². The van der Waals surface area contributed by atoms with E-state index >= 15 is 0 Å². The van der Waals surface area contributed by atoms with Crippen molar-refractivity contribution < 1.29 is 9.13 Å². The van der Waals surface area contributed by atoms with Crippen LogP contribution in [0.25, 0.3) is 15.8 Å². The number of hydrogen-bond acceptors (Lipinski definition) is 6. The van der Waals surface area contributed by atoms with E-state index in [0.717, 1.165) is 36.1 Å². The molecule has 4 heterocycles. The Labute approximate surface area is 181 Å². The first-order valence-corrected chi connectivity index (χ1v) is 10.1. The molecular formula is C21H18ClFN4O2S. The number of thiophene rings is 1. The fourth-order valence-corrected chi connectivity index (χ4v) is 4.72. The van der Waals surface area contributed by atoms with Gasteiger partial charge in [-0.05, 0) is 48.2 Å². The number of benzene rings is 1. The van der Waals surface area contributed by atoms with Crippen LogP contribution in [0.4, 0.5) is 4.39 Å². The number of nitrogens with zero attached hydrogens (tertiary/aromatic N) is 3. The van der Waals surface area contributed by atoms with Crippen molar-refractivity contribution in [3.05, 3.63) is 81.1 Å². The molecule has 9 heteroatoms. The number of pyridine rings is 1. The lowest BCUT2D eigenvalue weighted by atomic mass is 10.0. The highest BCUT2D eigenvalue weighted by Gasteiger charge is 2.16. The Morgan fingerprint density at radius 3 is 2.90 bits per heavy atom. The molecule has 0 bridgehead atoms. The van der Waals surface area contributed by atoms with Crippen LogP contribution in [0, 0.1) is 5.82 Å². The molecule has 5 rings (SSSR count). The number of hydrogen-bond donors (Lipinski definition) is 1. The third-order valence-corrected chi connectivity index (χ3v) is 6.09. The van der Waals surface area contributed by atoms with E-state index < -0.39 is 5.82 Å². The smallest absolute Gasteiger partial charge is 0.275 e. The highest BCUT2D eigenvalue weighted by Crippen LogP contribution is 2.34. The summed E-state index contributed by atoms with van der Waals surface area (Å²) in [6.45, 7) is 2.03. The Morgan fingerprint density at radius 2 is 2.10 bits per heavy atom. The van der Waals surface area contributed by atoms with E-state index in [2.05, 4.69) is 21.5 Å². The molecule has 6 nitrogen and oxygen atoms in total. The maximum absolute atomic E-state index is 12.9. The van der Waals surface area contributed by atoms with Crippen molar-refractivity contribution in [2.45, 2.75) is 19.6 Å². The quantitative estimate of drug-likeness (QED) is 0.520. The molecular weight excluding hydrogens is 427 g/mol. The molecule has 0 aliphatic carbocycles. The lowest BCUT2D eigenvalue weighted by Crippen LogP contribution is -2.21. The normalized spacial score (nSPS) is 13.0. The van der Waals surface area contributed by atoms with Gasteiger partial charge < -0.3 is 10.1 Å². The molecule has 0 atom stereocenters. The number of nitrogens with one attached hydrogen (secondary N) is 1. The summed E-state index contributed by atoms with van der Waals surface area (Å²) in [4.78, 5) is 17.9. The monoisotopic (exact) mass is 444 g/mol. The van der Waals surface area contributed by atoms with Gasteiger partial charge in [0.05, 0.1) is 23.8 Å². The number of aromatic nitrogens is 3. The summed E-state index contributed by atoms with van der Waals surface area (Å²) in [5.74, 6) is -0.0612. The zero-order valence-corrected chi connectivity index (χ0v) is 17.4.